The molecule has 4 nitrogen and oxygen atoms in total. The second-order valence-corrected chi connectivity index (χ2v) is 9.03. The van der Waals surface area contributed by atoms with Crippen molar-refractivity contribution in [3.8, 4) is 0 Å². The average Bonchev–Trinajstić information content (AvgIpc) is 3.18. The molecule has 1 aliphatic rings. The number of hydrogen-bond donors (Lipinski definition) is 1. The van der Waals surface area contributed by atoms with Crippen molar-refractivity contribution in [1.82, 2.24) is 0 Å². The van der Waals surface area contributed by atoms with Crippen LogP contribution in [-0.2, 0) is 13.0 Å². The molecule has 0 aliphatic carbocycles. The van der Waals surface area contributed by atoms with Crippen molar-refractivity contribution in [1.29, 1.82) is 0 Å². The van der Waals surface area contributed by atoms with E-state index in [2.05, 4.69) is 11.4 Å². The number of benzene rings is 3. The first-order valence-electron chi connectivity index (χ1n) is 10.6. The highest BCUT2D eigenvalue weighted by atomic mass is 32.1. The quantitative estimate of drug-likeness (QED) is 0.399. The lowest BCUT2D eigenvalue weighted by Crippen LogP contribution is -2.31. The van der Waals surface area contributed by atoms with Crippen LogP contribution in [0.3, 0.4) is 0 Å². The number of thiophene rings is 1. The molecule has 0 spiro atoms. The maximum Gasteiger partial charge on any atom is 0.261 e. The highest BCUT2D eigenvalue weighted by Gasteiger charge is 2.27. The second-order valence-electron chi connectivity index (χ2n) is 8.03. The van der Waals surface area contributed by atoms with E-state index in [0.29, 0.717) is 17.8 Å². The number of amides is 2. The van der Waals surface area contributed by atoms with Gasteiger partial charge in [-0.25, -0.2) is 4.39 Å². The van der Waals surface area contributed by atoms with Crippen LogP contribution in [0.4, 0.5) is 15.8 Å². The smallest absolute Gasteiger partial charge is 0.261 e. The van der Waals surface area contributed by atoms with Gasteiger partial charge in [-0.3, -0.25) is 9.59 Å². The molecule has 6 heteroatoms. The summed E-state index contributed by atoms with van der Waals surface area (Å²) in [5.74, 6) is -1.40. The van der Waals surface area contributed by atoms with Gasteiger partial charge in [0, 0.05) is 28.2 Å². The van der Waals surface area contributed by atoms with Gasteiger partial charge in [0.15, 0.2) is 0 Å². The summed E-state index contributed by atoms with van der Waals surface area (Å²) in [6.45, 7) is 2.24. The van der Waals surface area contributed by atoms with E-state index >= 15 is 4.39 Å². The Kier molecular flexibility index (Phi) is 5.52. The lowest BCUT2D eigenvalue weighted by molar-refractivity contribution is 0.0980. The van der Waals surface area contributed by atoms with E-state index in [0.717, 1.165) is 28.1 Å². The van der Waals surface area contributed by atoms with Crippen LogP contribution in [0.5, 0.6) is 0 Å². The predicted octanol–water partition coefficient (Wildman–Crippen LogP) is 6.20. The Hall–Kier alpha value is -3.77. The third-order valence-corrected chi connectivity index (χ3v) is 6.84. The number of rotatable bonds is 3. The van der Waals surface area contributed by atoms with E-state index in [9.17, 15) is 9.59 Å². The molecule has 0 atom stereocenters. The van der Waals surface area contributed by atoms with E-state index in [1.54, 1.807) is 34.4 Å². The Morgan fingerprint density at radius 3 is 2.55 bits per heavy atom. The minimum atomic E-state index is -0.671. The number of nitrogens with one attached hydrogen (secondary N) is 1. The Morgan fingerprint density at radius 1 is 0.939 bits per heavy atom. The Bertz CT molecular complexity index is 1380. The topological polar surface area (TPSA) is 49.4 Å². The van der Waals surface area contributed by atoms with E-state index in [1.807, 2.05) is 48.7 Å². The van der Waals surface area contributed by atoms with Crippen LogP contribution in [0.15, 0.2) is 78.2 Å². The molecule has 1 N–H and O–H groups in total. The molecule has 2 amide bonds. The number of halogens is 1. The number of carbonyl (C=O) groups is 2. The number of anilines is 2. The minimum absolute atomic E-state index is 0.0290. The molecule has 0 radical (unpaired) electrons. The summed E-state index contributed by atoms with van der Waals surface area (Å²) >= 11 is 1.60. The molecule has 0 saturated carbocycles. The highest BCUT2D eigenvalue weighted by molar-refractivity contribution is 7.10. The summed E-state index contributed by atoms with van der Waals surface area (Å²) in [5, 5.41) is 4.74. The number of aryl methyl sites for hydroxylation is 1. The number of carbonyl (C=O) groups excluding carboxylic acids is 2. The number of nitrogens with zero attached hydrogens (tertiary/aromatic N) is 1. The molecule has 4 aromatic rings. The van der Waals surface area contributed by atoms with Crippen LogP contribution in [0, 0.1) is 12.7 Å². The highest BCUT2D eigenvalue weighted by Crippen LogP contribution is 2.34. The van der Waals surface area contributed by atoms with Gasteiger partial charge >= 0.3 is 0 Å². The van der Waals surface area contributed by atoms with Gasteiger partial charge < -0.3 is 10.2 Å². The Labute approximate surface area is 195 Å². The first-order valence-corrected chi connectivity index (χ1v) is 11.5. The van der Waals surface area contributed by atoms with Crippen LogP contribution in [0.1, 0.15) is 42.3 Å². The van der Waals surface area contributed by atoms with Crippen LogP contribution in [0.2, 0.25) is 0 Å². The molecule has 3 aromatic carbocycles. The Balaban J connectivity index is 1.43. The lowest BCUT2D eigenvalue weighted by atomic mass is 10.1. The summed E-state index contributed by atoms with van der Waals surface area (Å²) in [6.07, 6.45) is 0.741. The molecule has 0 fully saturated rings. The van der Waals surface area contributed by atoms with Crippen molar-refractivity contribution in [2.45, 2.75) is 19.9 Å². The molecule has 0 bridgehead atoms. The molecule has 2 heterocycles. The number of hydrogen-bond acceptors (Lipinski definition) is 3. The predicted molar refractivity (Wildman–Crippen MR) is 130 cm³/mol. The summed E-state index contributed by atoms with van der Waals surface area (Å²) in [7, 11) is 0. The fourth-order valence-corrected chi connectivity index (χ4v) is 5.03. The zero-order valence-corrected chi connectivity index (χ0v) is 18.8. The monoisotopic (exact) mass is 456 g/mol. The van der Waals surface area contributed by atoms with E-state index < -0.39 is 11.7 Å². The third-order valence-electron chi connectivity index (χ3n) is 5.89. The van der Waals surface area contributed by atoms with Gasteiger partial charge in [-0.1, -0.05) is 36.4 Å². The van der Waals surface area contributed by atoms with Gasteiger partial charge in [0.25, 0.3) is 11.8 Å². The first-order chi connectivity index (χ1) is 16.0. The zero-order chi connectivity index (χ0) is 22.9. The van der Waals surface area contributed by atoms with Crippen LogP contribution >= 0.6 is 11.3 Å². The fraction of sp³-hybridized carbons (Fsp3) is 0.111. The number of para-hydroxylation sites is 1. The molecule has 0 saturated heterocycles. The SMILES string of the molecule is Cc1ccccc1C(=O)Nc1ccc(C(=O)N2Cc3sccc3Cc3ccccc32)c(F)c1. The zero-order valence-electron chi connectivity index (χ0n) is 18.0. The van der Waals surface area contributed by atoms with Crippen molar-refractivity contribution in [2.75, 3.05) is 10.2 Å². The van der Waals surface area contributed by atoms with Gasteiger partial charge in [0.1, 0.15) is 5.82 Å². The standard InChI is InChI=1S/C27H21FN2O2S/c1-17-6-2-4-8-21(17)26(31)29-20-10-11-22(23(28)15-20)27(32)30-16-25-19(12-13-33-25)14-18-7-3-5-9-24(18)30/h2-13,15H,14,16H2,1H3,(H,29,31). The maximum atomic E-state index is 15.1. The minimum Gasteiger partial charge on any atom is -0.322 e. The Morgan fingerprint density at radius 2 is 1.73 bits per heavy atom. The van der Waals surface area contributed by atoms with Crippen molar-refractivity contribution in [3.63, 3.8) is 0 Å². The van der Waals surface area contributed by atoms with Crippen LogP contribution in [0.25, 0.3) is 0 Å². The van der Waals surface area contributed by atoms with Gasteiger partial charge in [0.05, 0.1) is 12.1 Å². The summed E-state index contributed by atoms with van der Waals surface area (Å²) in [4.78, 5) is 28.8. The lowest BCUT2D eigenvalue weighted by Gasteiger charge is -2.23. The fourth-order valence-electron chi connectivity index (χ4n) is 4.14. The second kappa shape index (κ2) is 8.64. The molecule has 33 heavy (non-hydrogen) atoms. The van der Waals surface area contributed by atoms with Crippen molar-refractivity contribution in [3.05, 3.63) is 117 Å². The average molecular weight is 457 g/mol. The first kappa shape index (κ1) is 21.1. The molecular formula is C27H21FN2O2S. The van der Waals surface area contributed by atoms with Crippen LogP contribution < -0.4 is 10.2 Å². The van der Waals surface area contributed by atoms with Crippen molar-refractivity contribution in [2.24, 2.45) is 0 Å². The van der Waals surface area contributed by atoms with Crippen molar-refractivity contribution < 1.29 is 14.0 Å². The summed E-state index contributed by atoms with van der Waals surface area (Å²) in [5.41, 5.74) is 4.64. The van der Waals surface area contributed by atoms with Gasteiger partial charge in [-0.05, 0) is 65.4 Å². The molecule has 164 valence electrons. The maximum absolute atomic E-state index is 15.1. The molecule has 0 unspecified atom stereocenters. The van der Waals surface area contributed by atoms with E-state index in [1.165, 1.54) is 17.7 Å². The molecular weight excluding hydrogens is 435 g/mol. The normalized spacial score (nSPS) is 12.5. The van der Waals surface area contributed by atoms with Gasteiger partial charge in [-0.2, -0.15) is 0 Å². The van der Waals surface area contributed by atoms with Crippen molar-refractivity contribution >= 4 is 34.5 Å². The number of fused-ring (bicyclic) bond motifs is 2. The summed E-state index contributed by atoms with van der Waals surface area (Å²) < 4.78 is 15.1. The molecule has 1 aliphatic heterocycles. The molecule has 5 rings (SSSR count). The van der Waals surface area contributed by atoms with Crippen LogP contribution in [-0.4, -0.2) is 11.8 Å². The van der Waals surface area contributed by atoms with Gasteiger partial charge in [0.2, 0.25) is 0 Å². The van der Waals surface area contributed by atoms with E-state index in [4.69, 9.17) is 0 Å². The largest absolute Gasteiger partial charge is 0.322 e. The summed E-state index contributed by atoms with van der Waals surface area (Å²) in [6, 6.07) is 21.2. The van der Waals surface area contributed by atoms with E-state index in [-0.39, 0.29) is 11.5 Å². The third kappa shape index (κ3) is 4.05. The molecule has 1 aromatic heterocycles. The van der Waals surface area contributed by atoms with Gasteiger partial charge in [-0.15, -0.1) is 11.3 Å².